The summed E-state index contributed by atoms with van der Waals surface area (Å²) in [6.45, 7) is 0.292. The number of oxazole rings is 1. The van der Waals surface area contributed by atoms with Gasteiger partial charge in [0, 0.05) is 12.4 Å². The number of H-pyrrole nitrogens is 1. The lowest BCUT2D eigenvalue weighted by Crippen LogP contribution is -1.96. The van der Waals surface area contributed by atoms with Gasteiger partial charge in [0.1, 0.15) is 6.26 Å². The van der Waals surface area contributed by atoms with Crippen molar-refractivity contribution >= 4 is 0 Å². The molecule has 0 aliphatic carbocycles. The summed E-state index contributed by atoms with van der Waals surface area (Å²) in [6, 6.07) is 0.466. The molecule has 5 nitrogen and oxygen atoms in total. The smallest absolute Gasteiger partial charge is 0.294 e. The summed E-state index contributed by atoms with van der Waals surface area (Å²) in [5.74, 6) is 0.534. The van der Waals surface area contributed by atoms with Crippen LogP contribution in [0.25, 0.3) is 0 Å². The molecule has 2 aromatic rings. The standard InChI is InChI=1S/C7H7N3O2/c1-2-10-7(9-1)12-5-6-8-3-4-11-6/h1-4H,5H2,(H,9,10). The molecule has 5 heteroatoms. The van der Waals surface area contributed by atoms with E-state index < -0.39 is 0 Å². The number of hydrogen-bond acceptors (Lipinski definition) is 4. The minimum absolute atomic E-state index is 0.292. The molecular formula is C7H7N3O2. The number of nitrogens with one attached hydrogen (secondary N) is 1. The van der Waals surface area contributed by atoms with Gasteiger partial charge in [0.05, 0.1) is 6.20 Å². The molecule has 0 aromatic carbocycles. The number of imidazole rings is 1. The monoisotopic (exact) mass is 165 g/mol. The Morgan fingerprint density at radius 1 is 1.42 bits per heavy atom. The average molecular weight is 165 g/mol. The summed E-state index contributed by atoms with van der Waals surface area (Å²) in [5.41, 5.74) is 0. The Labute approximate surface area is 68.4 Å². The molecule has 0 radical (unpaired) electrons. The molecule has 0 atom stereocenters. The van der Waals surface area contributed by atoms with E-state index in [0.29, 0.717) is 18.5 Å². The van der Waals surface area contributed by atoms with Crippen LogP contribution in [0, 0.1) is 0 Å². The molecule has 0 fully saturated rings. The van der Waals surface area contributed by atoms with E-state index in [4.69, 9.17) is 9.15 Å². The van der Waals surface area contributed by atoms with Gasteiger partial charge in [-0.3, -0.25) is 0 Å². The Kier molecular flexibility index (Phi) is 1.77. The van der Waals surface area contributed by atoms with Crippen molar-refractivity contribution in [2.75, 3.05) is 0 Å². The van der Waals surface area contributed by atoms with Crippen molar-refractivity contribution < 1.29 is 9.15 Å². The first-order valence-electron chi connectivity index (χ1n) is 3.46. The van der Waals surface area contributed by atoms with E-state index in [-0.39, 0.29) is 0 Å². The Morgan fingerprint density at radius 3 is 3.08 bits per heavy atom. The maximum Gasteiger partial charge on any atom is 0.294 e. The van der Waals surface area contributed by atoms with Crippen molar-refractivity contribution in [3.05, 3.63) is 30.7 Å². The van der Waals surface area contributed by atoms with Crippen LogP contribution in [-0.2, 0) is 6.61 Å². The van der Waals surface area contributed by atoms with Gasteiger partial charge in [-0.25, -0.2) is 9.97 Å². The number of rotatable bonds is 3. The lowest BCUT2D eigenvalue weighted by atomic mass is 10.7. The van der Waals surface area contributed by atoms with Crippen molar-refractivity contribution in [2.24, 2.45) is 0 Å². The van der Waals surface area contributed by atoms with Gasteiger partial charge in [0.15, 0.2) is 6.61 Å². The maximum atomic E-state index is 5.17. The number of hydrogen-bond donors (Lipinski definition) is 1. The summed E-state index contributed by atoms with van der Waals surface area (Å²) in [7, 11) is 0. The Morgan fingerprint density at radius 2 is 2.42 bits per heavy atom. The van der Waals surface area contributed by atoms with Gasteiger partial charge >= 0.3 is 0 Å². The van der Waals surface area contributed by atoms with Crippen LogP contribution in [-0.4, -0.2) is 15.0 Å². The quantitative estimate of drug-likeness (QED) is 0.736. The summed E-state index contributed by atoms with van der Waals surface area (Å²) < 4.78 is 10.1. The first-order chi connectivity index (χ1) is 5.95. The topological polar surface area (TPSA) is 63.9 Å². The van der Waals surface area contributed by atoms with Gasteiger partial charge in [-0.1, -0.05) is 0 Å². The van der Waals surface area contributed by atoms with Gasteiger partial charge in [0.2, 0.25) is 5.89 Å². The minimum atomic E-state index is 0.292. The lowest BCUT2D eigenvalue weighted by molar-refractivity contribution is 0.246. The molecule has 2 heterocycles. The van der Waals surface area contributed by atoms with Gasteiger partial charge < -0.3 is 14.1 Å². The summed E-state index contributed by atoms with van der Waals surface area (Å²) >= 11 is 0. The van der Waals surface area contributed by atoms with E-state index in [9.17, 15) is 0 Å². The highest BCUT2D eigenvalue weighted by molar-refractivity contribution is 4.93. The molecular weight excluding hydrogens is 158 g/mol. The molecule has 12 heavy (non-hydrogen) atoms. The highest BCUT2D eigenvalue weighted by Crippen LogP contribution is 2.02. The second-order valence-corrected chi connectivity index (χ2v) is 2.11. The fourth-order valence-corrected chi connectivity index (χ4v) is 0.784. The average Bonchev–Trinajstić information content (AvgIpc) is 2.74. The van der Waals surface area contributed by atoms with Crippen LogP contribution in [0.1, 0.15) is 5.89 Å². The van der Waals surface area contributed by atoms with Crippen LogP contribution in [0.3, 0.4) is 0 Å². The van der Waals surface area contributed by atoms with Crippen molar-refractivity contribution in [1.82, 2.24) is 15.0 Å². The first kappa shape index (κ1) is 6.90. The number of aromatic amines is 1. The van der Waals surface area contributed by atoms with Crippen molar-refractivity contribution in [3.63, 3.8) is 0 Å². The van der Waals surface area contributed by atoms with Crippen LogP contribution >= 0.6 is 0 Å². The molecule has 0 bridgehead atoms. The molecule has 0 aliphatic heterocycles. The van der Waals surface area contributed by atoms with E-state index in [2.05, 4.69) is 15.0 Å². The van der Waals surface area contributed by atoms with Gasteiger partial charge in [-0.2, -0.15) is 0 Å². The van der Waals surface area contributed by atoms with Crippen molar-refractivity contribution in [3.8, 4) is 6.01 Å². The second kappa shape index (κ2) is 3.08. The fraction of sp³-hybridized carbons (Fsp3) is 0.143. The highest BCUT2D eigenvalue weighted by atomic mass is 16.5. The normalized spacial score (nSPS) is 10.0. The van der Waals surface area contributed by atoms with E-state index >= 15 is 0 Å². The predicted molar refractivity (Wildman–Crippen MR) is 39.4 cm³/mol. The largest absolute Gasteiger partial charge is 0.455 e. The van der Waals surface area contributed by atoms with Crippen LogP contribution < -0.4 is 4.74 Å². The van der Waals surface area contributed by atoms with E-state index in [1.165, 1.54) is 6.26 Å². The Balaban J connectivity index is 1.91. The first-order valence-corrected chi connectivity index (χ1v) is 3.46. The number of ether oxygens (including phenoxy) is 1. The van der Waals surface area contributed by atoms with Gasteiger partial charge in [0.25, 0.3) is 6.01 Å². The lowest BCUT2D eigenvalue weighted by Gasteiger charge is -1.96. The Hall–Kier alpha value is -1.78. The second-order valence-electron chi connectivity index (χ2n) is 2.11. The predicted octanol–water partition coefficient (Wildman–Crippen LogP) is 0.977. The highest BCUT2D eigenvalue weighted by Gasteiger charge is 1.99. The minimum Gasteiger partial charge on any atom is -0.455 e. The molecule has 2 rings (SSSR count). The third-order valence-corrected chi connectivity index (χ3v) is 1.29. The number of aromatic nitrogens is 3. The molecule has 2 aromatic heterocycles. The fourth-order valence-electron chi connectivity index (χ4n) is 0.784. The molecule has 1 N–H and O–H groups in total. The molecule has 0 spiro atoms. The molecule has 0 amide bonds. The van der Waals surface area contributed by atoms with Crippen LogP contribution in [0.2, 0.25) is 0 Å². The maximum absolute atomic E-state index is 5.17. The third-order valence-electron chi connectivity index (χ3n) is 1.29. The number of nitrogens with zero attached hydrogens (tertiary/aromatic N) is 2. The molecule has 0 aliphatic rings. The SMILES string of the molecule is c1c[nH]c(OCc2ncco2)n1. The van der Waals surface area contributed by atoms with E-state index in [0.717, 1.165) is 0 Å². The third kappa shape index (κ3) is 1.45. The van der Waals surface area contributed by atoms with E-state index in [1.54, 1.807) is 18.6 Å². The van der Waals surface area contributed by atoms with Crippen molar-refractivity contribution in [1.29, 1.82) is 0 Å². The van der Waals surface area contributed by atoms with Crippen molar-refractivity contribution in [2.45, 2.75) is 6.61 Å². The van der Waals surface area contributed by atoms with Crippen LogP contribution in [0.4, 0.5) is 0 Å². The molecule has 0 saturated carbocycles. The summed E-state index contributed by atoms with van der Waals surface area (Å²) in [6.07, 6.45) is 6.37. The van der Waals surface area contributed by atoms with Crippen LogP contribution in [0.15, 0.2) is 29.3 Å². The summed E-state index contributed by atoms with van der Waals surface area (Å²) in [4.78, 5) is 10.5. The molecule has 62 valence electrons. The van der Waals surface area contributed by atoms with Crippen LogP contribution in [0.5, 0.6) is 6.01 Å². The molecule has 0 saturated heterocycles. The Bertz CT molecular complexity index is 280. The van der Waals surface area contributed by atoms with Gasteiger partial charge in [-0.15, -0.1) is 0 Å². The zero-order valence-electron chi connectivity index (χ0n) is 6.23. The zero-order chi connectivity index (χ0) is 8.23. The summed E-state index contributed by atoms with van der Waals surface area (Å²) in [5, 5.41) is 0. The van der Waals surface area contributed by atoms with E-state index in [1.807, 2.05) is 0 Å². The molecule has 0 unspecified atom stereocenters. The van der Waals surface area contributed by atoms with Gasteiger partial charge in [-0.05, 0) is 0 Å². The zero-order valence-corrected chi connectivity index (χ0v) is 6.23.